The van der Waals surface area contributed by atoms with Crippen molar-refractivity contribution in [1.82, 2.24) is 20.4 Å². The number of piperazine rings is 1. The number of amides is 2. The molecule has 1 aromatic rings. The highest BCUT2D eigenvalue weighted by Crippen LogP contribution is 2.19. The van der Waals surface area contributed by atoms with Gasteiger partial charge in [0.1, 0.15) is 6.54 Å². The number of guanidine groups is 1. The van der Waals surface area contributed by atoms with E-state index in [9.17, 15) is 9.59 Å². The summed E-state index contributed by atoms with van der Waals surface area (Å²) < 4.78 is 0. The number of aliphatic imine (C=N–C) groups is 1. The van der Waals surface area contributed by atoms with Gasteiger partial charge in [-0.25, -0.2) is 4.99 Å². The van der Waals surface area contributed by atoms with Crippen molar-refractivity contribution in [3.05, 3.63) is 29.3 Å². The average molecular weight is 563 g/mol. The molecule has 0 bridgehead atoms. The summed E-state index contributed by atoms with van der Waals surface area (Å²) >= 11 is 5.96. The van der Waals surface area contributed by atoms with E-state index in [4.69, 9.17) is 11.6 Å². The number of nitrogens with zero attached hydrogens (tertiary/aromatic N) is 4. The zero-order chi connectivity index (χ0) is 21.3. The zero-order valence-corrected chi connectivity index (χ0v) is 21.1. The van der Waals surface area contributed by atoms with Crippen molar-refractivity contribution in [3.63, 3.8) is 0 Å². The van der Waals surface area contributed by atoms with Crippen LogP contribution in [0.1, 0.15) is 19.8 Å². The minimum atomic E-state index is -0.00571. The number of carbonyl (C=O) groups is 2. The lowest BCUT2D eigenvalue weighted by molar-refractivity contribution is -0.130. The molecule has 2 aliphatic heterocycles. The standard InChI is InChI=1S/C21H31ClN6O2.HI/c1-2-23-21(24-15-19(29)27-9-3-4-10-27)25-16-20(30)28-13-11-26(12-14-28)18-7-5-17(22)6-8-18;/h5-8H,2-4,9-16H2,1H3,(H2,23,24,25);1H. The van der Waals surface area contributed by atoms with E-state index >= 15 is 0 Å². The van der Waals surface area contributed by atoms with Gasteiger partial charge in [0, 0.05) is 56.5 Å². The Kier molecular flexibility index (Phi) is 10.7. The molecule has 2 saturated heterocycles. The molecule has 2 fully saturated rings. The van der Waals surface area contributed by atoms with E-state index in [1.165, 1.54) is 0 Å². The molecular formula is C21H32ClIN6O2. The molecule has 0 spiro atoms. The van der Waals surface area contributed by atoms with Crippen molar-refractivity contribution < 1.29 is 9.59 Å². The predicted molar refractivity (Wildman–Crippen MR) is 135 cm³/mol. The fourth-order valence-corrected chi connectivity index (χ4v) is 3.82. The SMILES string of the molecule is CCNC(=NCC(=O)N1CCN(c2ccc(Cl)cc2)CC1)NCC(=O)N1CCCC1.I. The van der Waals surface area contributed by atoms with Gasteiger partial charge < -0.3 is 25.3 Å². The number of hydrogen-bond donors (Lipinski definition) is 2. The topological polar surface area (TPSA) is 80.3 Å². The van der Waals surface area contributed by atoms with Crippen LogP contribution in [-0.4, -0.2) is 86.5 Å². The molecule has 0 unspecified atom stereocenters. The van der Waals surface area contributed by atoms with E-state index in [1.807, 2.05) is 41.0 Å². The maximum Gasteiger partial charge on any atom is 0.244 e. The lowest BCUT2D eigenvalue weighted by atomic mass is 10.2. The molecule has 2 aliphatic rings. The van der Waals surface area contributed by atoms with Crippen molar-refractivity contribution in [2.24, 2.45) is 4.99 Å². The van der Waals surface area contributed by atoms with Crippen LogP contribution in [0.5, 0.6) is 0 Å². The molecule has 0 aliphatic carbocycles. The Morgan fingerprint density at radius 3 is 2.16 bits per heavy atom. The van der Waals surface area contributed by atoms with Gasteiger partial charge in [0.15, 0.2) is 5.96 Å². The van der Waals surface area contributed by atoms with Crippen LogP contribution < -0.4 is 15.5 Å². The number of likely N-dealkylation sites (tertiary alicyclic amines) is 1. The minimum absolute atomic E-state index is 0. The minimum Gasteiger partial charge on any atom is -0.368 e. The molecule has 8 nitrogen and oxygen atoms in total. The molecule has 0 aromatic heterocycles. The van der Waals surface area contributed by atoms with Gasteiger partial charge in [-0.05, 0) is 44.0 Å². The largest absolute Gasteiger partial charge is 0.368 e. The molecule has 0 saturated carbocycles. The average Bonchev–Trinajstić information content (AvgIpc) is 3.31. The molecule has 0 atom stereocenters. The predicted octanol–water partition coefficient (Wildman–Crippen LogP) is 1.78. The van der Waals surface area contributed by atoms with Gasteiger partial charge in [-0.15, -0.1) is 24.0 Å². The van der Waals surface area contributed by atoms with Gasteiger partial charge in [0.25, 0.3) is 0 Å². The molecule has 31 heavy (non-hydrogen) atoms. The number of halogens is 2. The summed E-state index contributed by atoms with van der Waals surface area (Å²) in [4.78, 5) is 35.1. The molecule has 0 radical (unpaired) electrons. The Bertz CT molecular complexity index is 747. The zero-order valence-electron chi connectivity index (χ0n) is 18.0. The van der Waals surface area contributed by atoms with Gasteiger partial charge in [-0.3, -0.25) is 9.59 Å². The van der Waals surface area contributed by atoms with Crippen LogP contribution >= 0.6 is 35.6 Å². The molecule has 2 N–H and O–H groups in total. The Hall–Kier alpha value is -1.75. The first-order chi connectivity index (χ1) is 14.6. The summed E-state index contributed by atoms with van der Waals surface area (Å²) in [5.74, 6) is 0.565. The lowest BCUT2D eigenvalue weighted by Crippen LogP contribution is -2.50. The Labute approximate surface area is 206 Å². The third-order valence-corrected chi connectivity index (χ3v) is 5.66. The van der Waals surface area contributed by atoms with Crippen molar-refractivity contribution in [1.29, 1.82) is 0 Å². The molecular weight excluding hydrogens is 531 g/mol. The van der Waals surface area contributed by atoms with Crippen LogP contribution in [0.15, 0.2) is 29.3 Å². The first-order valence-corrected chi connectivity index (χ1v) is 11.0. The van der Waals surface area contributed by atoms with Crippen molar-refractivity contribution in [2.45, 2.75) is 19.8 Å². The van der Waals surface area contributed by atoms with Crippen LogP contribution in [-0.2, 0) is 9.59 Å². The Morgan fingerprint density at radius 2 is 1.55 bits per heavy atom. The molecule has 2 heterocycles. The molecule has 172 valence electrons. The summed E-state index contributed by atoms with van der Waals surface area (Å²) in [6, 6.07) is 7.77. The van der Waals surface area contributed by atoms with E-state index in [2.05, 4.69) is 20.5 Å². The summed E-state index contributed by atoms with van der Waals surface area (Å²) in [6.45, 7) is 7.41. The normalized spacial score (nSPS) is 16.7. The van der Waals surface area contributed by atoms with Crippen molar-refractivity contribution in [2.75, 3.05) is 63.8 Å². The quantitative estimate of drug-likeness (QED) is 0.314. The molecule has 10 heteroatoms. The van der Waals surface area contributed by atoms with Gasteiger partial charge in [-0.1, -0.05) is 11.6 Å². The van der Waals surface area contributed by atoms with Crippen LogP contribution in [0.25, 0.3) is 0 Å². The van der Waals surface area contributed by atoms with Gasteiger partial charge >= 0.3 is 0 Å². The van der Waals surface area contributed by atoms with Gasteiger partial charge in [-0.2, -0.15) is 0 Å². The van der Waals surface area contributed by atoms with E-state index < -0.39 is 0 Å². The number of benzene rings is 1. The Morgan fingerprint density at radius 1 is 0.935 bits per heavy atom. The van der Waals surface area contributed by atoms with Crippen molar-refractivity contribution in [3.8, 4) is 0 Å². The highest BCUT2D eigenvalue weighted by atomic mass is 127. The second-order valence-electron chi connectivity index (χ2n) is 7.48. The monoisotopic (exact) mass is 562 g/mol. The fraction of sp³-hybridized carbons (Fsp3) is 0.571. The summed E-state index contributed by atoms with van der Waals surface area (Å²) in [5, 5.41) is 6.87. The summed E-state index contributed by atoms with van der Waals surface area (Å²) in [6.07, 6.45) is 2.14. The van der Waals surface area contributed by atoms with Crippen molar-refractivity contribution >= 4 is 59.0 Å². The molecule has 1 aromatic carbocycles. The lowest BCUT2D eigenvalue weighted by Gasteiger charge is -2.36. The number of rotatable bonds is 6. The number of carbonyl (C=O) groups excluding carboxylic acids is 2. The van der Waals surface area contributed by atoms with E-state index in [0.29, 0.717) is 25.6 Å². The first kappa shape index (κ1) is 25.5. The van der Waals surface area contributed by atoms with E-state index in [0.717, 1.165) is 49.7 Å². The molecule has 3 rings (SSSR count). The van der Waals surface area contributed by atoms with Crippen LogP contribution in [0.4, 0.5) is 5.69 Å². The third-order valence-electron chi connectivity index (χ3n) is 5.41. The Balaban J connectivity index is 0.00000341. The third kappa shape index (κ3) is 7.71. The van der Waals surface area contributed by atoms with Crippen LogP contribution in [0, 0.1) is 0 Å². The van der Waals surface area contributed by atoms with Gasteiger partial charge in [0.2, 0.25) is 11.8 Å². The second kappa shape index (κ2) is 12.9. The smallest absolute Gasteiger partial charge is 0.244 e. The fourth-order valence-electron chi connectivity index (χ4n) is 3.69. The highest BCUT2D eigenvalue weighted by Gasteiger charge is 2.21. The number of nitrogens with one attached hydrogen (secondary N) is 2. The summed E-state index contributed by atoms with van der Waals surface area (Å²) in [5.41, 5.74) is 1.12. The van der Waals surface area contributed by atoms with Crippen LogP contribution in [0.2, 0.25) is 5.02 Å². The number of anilines is 1. The van der Waals surface area contributed by atoms with Crippen LogP contribution in [0.3, 0.4) is 0 Å². The van der Waals surface area contributed by atoms with E-state index in [-0.39, 0.29) is 48.9 Å². The number of hydrogen-bond acceptors (Lipinski definition) is 4. The second-order valence-corrected chi connectivity index (χ2v) is 7.92. The van der Waals surface area contributed by atoms with Gasteiger partial charge in [0.05, 0.1) is 6.54 Å². The highest BCUT2D eigenvalue weighted by molar-refractivity contribution is 14.0. The summed E-state index contributed by atoms with van der Waals surface area (Å²) in [7, 11) is 0. The molecule has 2 amide bonds. The maximum atomic E-state index is 12.6. The first-order valence-electron chi connectivity index (χ1n) is 10.6. The van der Waals surface area contributed by atoms with E-state index in [1.54, 1.807) is 0 Å². The maximum absolute atomic E-state index is 12.6.